The van der Waals surface area contributed by atoms with E-state index in [0.717, 1.165) is 25.5 Å². The molecule has 0 aromatic carbocycles. The average molecular weight is 265 g/mol. The van der Waals surface area contributed by atoms with Gasteiger partial charge in [-0.1, -0.05) is 20.3 Å². The van der Waals surface area contributed by atoms with Crippen molar-refractivity contribution < 1.29 is 9.18 Å². The molecule has 1 aliphatic rings. The molecule has 1 aliphatic carbocycles. The second-order valence-electron chi connectivity index (χ2n) is 4.96. The maximum absolute atomic E-state index is 13.3. The van der Waals surface area contributed by atoms with E-state index in [-0.39, 0.29) is 17.5 Å². The normalized spacial score (nSPS) is 21.0. The van der Waals surface area contributed by atoms with Gasteiger partial charge in [-0.2, -0.15) is 0 Å². The summed E-state index contributed by atoms with van der Waals surface area (Å²) in [4.78, 5) is 16.1. The van der Waals surface area contributed by atoms with Gasteiger partial charge in [-0.15, -0.1) is 0 Å². The second kappa shape index (κ2) is 5.99. The zero-order valence-corrected chi connectivity index (χ0v) is 11.4. The fourth-order valence-electron chi connectivity index (χ4n) is 2.12. The monoisotopic (exact) mass is 265 g/mol. The summed E-state index contributed by atoms with van der Waals surface area (Å²) in [5.41, 5.74) is 0.287. The highest BCUT2D eigenvalue weighted by Gasteiger charge is 2.37. The van der Waals surface area contributed by atoms with Crippen LogP contribution < -0.4 is 10.6 Å². The highest BCUT2D eigenvalue weighted by atomic mass is 19.1. The van der Waals surface area contributed by atoms with Crippen molar-refractivity contribution in [2.24, 2.45) is 5.92 Å². The summed E-state index contributed by atoms with van der Waals surface area (Å²) in [5, 5.41) is 5.98. The average Bonchev–Trinajstić information content (AvgIpc) is 3.15. The Bertz CT molecular complexity index is 464. The molecule has 0 radical (unpaired) electrons. The molecule has 1 heterocycles. The van der Waals surface area contributed by atoms with Crippen LogP contribution in [0.4, 0.5) is 10.2 Å². The number of anilines is 1. The Balaban J connectivity index is 2.08. The molecule has 1 saturated carbocycles. The molecule has 4 nitrogen and oxygen atoms in total. The van der Waals surface area contributed by atoms with E-state index in [2.05, 4.69) is 22.5 Å². The highest BCUT2D eigenvalue weighted by molar-refractivity contribution is 5.99. The molecule has 2 atom stereocenters. The largest absolute Gasteiger partial charge is 0.369 e. The number of aromatic nitrogens is 1. The Hall–Kier alpha value is -1.65. The van der Waals surface area contributed by atoms with Crippen LogP contribution in [0, 0.1) is 11.7 Å². The van der Waals surface area contributed by atoms with Crippen LogP contribution in [0.5, 0.6) is 0 Å². The number of hydrogen-bond donors (Lipinski definition) is 2. The molecule has 1 aromatic heterocycles. The number of pyridine rings is 1. The number of nitrogens with one attached hydrogen (secondary N) is 2. The van der Waals surface area contributed by atoms with Crippen LogP contribution in [0.1, 0.15) is 43.5 Å². The minimum Gasteiger partial charge on any atom is -0.369 e. The van der Waals surface area contributed by atoms with Crippen molar-refractivity contribution in [1.29, 1.82) is 0 Å². The summed E-state index contributed by atoms with van der Waals surface area (Å²) in [7, 11) is 0. The molecular weight excluding hydrogens is 245 g/mol. The number of amides is 1. The third-order valence-corrected chi connectivity index (χ3v) is 3.40. The molecule has 1 amide bonds. The van der Waals surface area contributed by atoms with Gasteiger partial charge in [0.1, 0.15) is 11.6 Å². The number of carbonyl (C=O) groups is 1. The van der Waals surface area contributed by atoms with Crippen molar-refractivity contribution in [1.82, 2.24) is 10.3 Å². The SMILES string of the molecule is CCCNc1ncc(F)cc1C(=O)NC1CC1CC. The van der Waals surface area contributed by atoms with E-state index < -0.39 is 5.82 Å². The van der Waals surface area contributed by atoms with Crippen molar-refractivity contribution in [2.45, 2.75) is 39.2 Å². The molecule has 5 heteroatoms. The first kappa shape index (κ1) is 13.8. The summed E-state index contributed by atoms with van der Waals surface area (Å²) < 4.78 is 13.3. The Kier molecular flexibility index (Phi) is 4.35. The fourth-order valence-corrected chi connectivity index (χ4v) is 2.12. The Labute approximate surface area is 112 Å². The number of nitrogens with zero attached hydrogens (tertiary/aromatic N) is 1. The molecule has 0 saturated heterocycles. The fraction of sp³-hybridized carbons (Fsp3) is 0.571. The highest BCUT2D eigenvalue weighted by Crippen LogP contribution is 2.33. The standard InChI is InChI=1S/C14H20FN3O/c1-3-5-16-13-11(7-10(15)8-17-13)14(19)18-12-6-9(12)4-2/h7-9,12H,3-6H2,1-2H3,(H,16,17)(H,18,19). The van der Waals surface area contributed by atoms with Gasteiger partial charge in [0.15, 0.2) is 0 Å². The zero-order valence-electron chi connectivity index (χ0n) is 11.4. The molecule has 1 aromatic rings. The number of hydrogen-bond acceptors (Lipinski definition) is 3. The van der Waals surface area contributed by atoms with Gasteiger partial charge < -0.3 is 10.6 Å². The van der Waals surface area contributed by atoms with Gasteiger partial charge >= 0.3 is 0 Å². The Morgan fingerprint density at radius 2 is 2.32 bits per heavy atom. The third-order valence-electron chi connectivity index (χ3n) is 3.40. The molecule has 0 spiro atoms. The number of carbonyl (C=O) groups excluding carboxylic acids is 1. The van der Waals surface area contributed by atoms with E-state index in [9.17, 15) is 9.18 Å². The molecular formula is C14H20FN3O. The van der Waals surface area contributed by atoms with Crippen LogP contribution in [0.3, 0.4) is 0 Å². The zero-order chi connectivity index (χ0) is 13.8. The van der Waals surface area contributed by atoms with Gasteiger partial charge in [0.2, 0.25) is 0 Å². The third kappa shape index (κ3) is 3.43. The van der Waals surface area contributed by atoms with Crippen LogP contribution in [-0.4, -0.2) is 23.5 Å². The first-order chi connectivity index (χ1) is 9.15. The molecule has 0 aliphatic heterocycles. The van der Waals surface area contributed by atoms with E-state index in [1.54, 1.807) is 0 Å². The summed E-state index contributed by atoms with van der Waals surface area (Å²) in [6.07, 6.45) is 4.12. The maximum atomic E-state index is 13.3. The lowest BCUT2D eigenvalue weighted by Gasteiger charge is -2.10. The quantitative estimate of drug-likeness (QED) is 0.831. The van der Waals surface area contributed by atoms with Crippen molar-refractivity contribution >= 4 is 11.7 Å². The number of rotatable bonds is 6. The topological polar surface area (TPSA) is 54.0 Å². The van der Waals surface area contributed by atoms with Crippen LogP contribution in [0.2, 0.25) is 0 Å². The van der Waals surface area contributed by atoms with Gasteiger partial charge in [-0.3, -0.25) is 4.79 Å². The number of halogens is 1. The lowest BCUT2D eigenvalue weighted by Crippen LogP contribution is -2.28. The molecule has 2 N–H and O–H groups in total. The minimum atomic E-state index is -0.491. The molecule has 1 fully saturated rings. The van der Waals surface area contributed by atoms with Gasteiger partial charge in [0, 0.05) is 12.6 Å². The van der Waals surface area contributed by atoms with Crippen molar-refractivity contribution in [3.63, 3.8) is 0 Å². The van der Waals surface area contributed by atoms with Gasteiger partial charge in [0.25, 0.3) is 5.91 Å². The smallest absolute Gasteiger partial charge is 0.255 e. The summed E-state index contributed by atoms with van der Waals surface area (Å²) in [6.45, 7) is 4.83. The van der Waals surface area contributed by atoms with Crippen LogP contribution >= 0.6 is 0 Å². The van der Waals surface area contributed by atoms with Crippen molar-refractivity contribution in [2.75, 3.05) is 11.9 Å². The van der Waals surface area contributed by atoms with Crippen LogP contribution in [0.25, 0.3) is 0 Å². The minimum absolute atomic E-state index is 0.236. The van der Waals surface area contributed by atoms with Crippen LogP contribution in [-0.2, 0) is 0 Å². The van der Waals surface area contributed by atoms with Gasteiger partial charge in [-0.25, -0.2) is 9.37 Å². The molecule has 2 rings (SSSR count). The van der Waals surface area contributed by atoms with E-state index >= 15 is 0 Å². The van der Waals surface area contributed by atoms with Crippen molar-refractivity contribution in [3.05, 3.63) is 23.6 Å². The molecule has 104 valence electrons. The maximum Gasteiger partial charge on any atom is 0.255 e. The molecule has 2 unspecified atom stereocenters. The van der Waals surface area contributed by atoms with Crippen LogP contribution in [0.15, 0.2) is 12.3 Å². The Morgan fingerprint density at radius 1 is 1.53 bits per heavy atom. The Morgan fingerprint density at radius 3 is 2.95 bits per heavy atom. The lowest BCUT2D eigenvalue weighted by molar-refractivity contribution is 0.0949. The van der Waals surface area contributed by atoms with Gasteiger partial charge in [0.05, 0.1) is 11.8 Å². The van der Waals surface area contributed by atoms with E-state index in [1.165, 1.54) is 6.07 Å². The predicted octanol–water partition coefficient (Wildman–Crippen LogP) is 2.57. The second-order valence-corrected chi connectivity index (χ2v) is 4.96. The first-order valence-electron chi connectivity index (χ1n) is 6.86. The van der Waals surface area contributed by atoms with Gasteiger partial charge in [-0.05, 0) is 24.8 Å². The molecule has 0 bridgehead atoms. The van der Waals surface area contributed by atoms with E-state index in [1.807, 2.05) is 6.92 Å². The first-order valence-corrected chi connectivity index (χ1v) is 6.86. The summed E-state index contributed by atoms with van der Waals surface area (Å²) in [5.74, 6) is 0.286. The molecule has 19 heavy (non-hydrogen) atoms. The van der Waals surface area contributed by atoms with E-state index in [0.29, 0.717) is 18.3 Å². The lowest BCUT2D eigenvalue weighted by atomic mass is 10.2. The summed E-state index contributed by atoms with van der Waals surface area (Å²) in [6, 6.07) is 1.48. The van der Waals surface area contributed by atoms with E-state index in [4.69, 9.17) is 0 Å². The van der Waals surface area contributed by atoms with Crippen molar-refractivity contribution in [3.8, 4) is 0 Å². The predicted molar refractivity (Wildman–Crippen MR) is 72.6 cm³/mol. The summed E-state index contributed by atoms with van der Waals surface area (Å²) >= 11 is 0.